The molecule has 1 atom stereocenters. The number of anilines is 1. The Morgan fingerprint density at radius 1 is 1.12 bits per heavy atom. The molecule has 0 bridgehead atoms. The Labute approximate surface area is 189 Å². The summed E-state index contributed by atoms with van der Waals surface area (Å²) in [4.78, 5) is 32.8. The van der Waals surface area contributed by atoms with Gasteiger partial charge >= 0.3 is 6.18 Å². The Morgan fingerprint density at radius 3 is 2.47 bits per heavy atom. The minimum absolute atomic E-state index is 0.108. The molecular formula is C19H18ClF3N6O2S. The first-order valence-corrected chi connectivity index (χ1v) is 10.5. The normalized spacial score (nSPS) is 12.6. The van der Waals surface area contributed by atoms with Crippen LogP contribution in [0.25, 0.3) is 0 Å². The molecule has 0 saturated carbocycles. The van der Waals surface area contributed by atoms with Gasteiger partial charge in [-0.15, -0.1) is 11.3 Å². The van der Waals surface area contributed by atoms with Crippen molar-refractivity contribution >= 4 is 40.6 Å². The van der Waals surface area contributed by atoms with Crippen LogP contribution in [0.15, 0.2) is 30.9 Å². The number of rotatable bonds is 6. The second-order valence-corrected chi connectivity index (χ2v) is 8.53. The van der Waals surface area contributed by atoms with Crippen molar-refractivity contribution in [1.82, 2.24) is 25.1 Å². The molecule has 13 heteroatoms. The summed E-state index contributed by atoms with van der Waals surface area (Å²) in [6.07, 6.45) is 0.488. The molecule has 3 heterocycles. The lowest BCUT2D eigenvalue weighted by Gasteiger charge is -2.11. The molecule has 0 aliphatic heterocycles. The number of alkyl halides is 3. The number of pyridine rings is 1. The van der Waals surface area contributed by atoms with E-state index in [0.29, 0.717) is 16.6 Å². The Hall–Kier alpha value is -2.99. The molecule has 0 aromatic carbocycles. The average Bonchev–Trinajstić information content (AvgIpc) is 3.38. The van der Waals surface area contributed by atoms with Crippen molar-refractivity contribution in [3.8, 4) is 0 Å². The Morgan fingerprint density at radius 2 is 1.84 bits per heavy atom. The molecule has 0 aliphatic carbocycles. The second-order valence-electron chi connectivity index (χ2n) is 7.06. The molecule has 0 saturated heterocycles. The van der Waals surface area contributed by atoms with Gasteiger partial charge in [-0.25, -0.2) is 9.97 Å². The van der Waals surface area contributed by atoms with Gasteiger partial charge in [0.2, 0.25) is 0 Å². The van der Waals surface area contributed by atoms with Crippen molar-refractivity contribution in [3.05, 3.63) is 56.9 Å². The Kier molecular flexibility index (Phi) is 6.84. The first-order chi connectivity index (χ1) is 15.0. The predicted molar refractivity (Wildman–Crippen MR) is 113 cm³/mol. The van der Waals surface area contributed by atoms with Crippen LogP contribution in [-0.4, -0.2) is 31.6 Å². The lowest BCUT2D eigenvalue weighted by Crippen LogP contribution is -2.26. The van der Waals surface area contributed by atoms with Gasteiger partial charge in [-0.1, -0.05) is 11.6 Å². The van der Waals surface area contributed by atoms with E-state index >= 15 is 0 Å². The standard InChI is InChI=1S/C19H18ClF3N6O2S/c1-9(2)29-8-11(5-26-29)16(30)27-10(3)18-25-7-14(32-18)17(31)28-15-4-12(19(21,22)23)13(20)6-24-15/h4-10H,1-3H3,(H,27,30)(H,24,28,31). The molecule has 170 valence electrons. The van der Waals surface area contributed by atoms with Gasteiger partial charge in [0.1, 0.15) is 15.7 Å². The number of amides is 2. The maximum Gasteiger partial charge on any atom is 0.418 e. The molecule has 3 aromatic rings. The highest BCUT2D eigenvalue weighted by atomic mass is 35.5. The summed E-state index contributed by atoms with van der Waals surface area (Å²) in [6.45, 7) is 5.56. The molecule has 0 radical (unpaired) electrons. The van der Waals surface area contributed by atoms with Gasteiger partial charge in [0.05, 0.1) is 34.6 Å². The van der Waals surface area contributed by atoms with Crippen LogP contribution in [0.4, 0.5) is 19.0 Å². The quantitative estimate of drug-likeness (QED) is 0.524. The number of thiazole rings is 1. The zero-order valence-electron chi connectivity index (χ0n) is 17.1. The first-order valence-electron chi connectivity index (χ1n) is 9.30. The van der Waals surface area contributed by atoms with Crippen LogP contribution in [0, 0.1) is 0 Å². The molecule has 0 spiro atoms. The number of nitrogens with zero attached hydrogens (tertiary/aromatic N) is 4. The van der Waals surface area contributed by atoms with Gasteiger partial charge in [0, 0.05) is 18.4 Å². The third-order valence-electron chi connectivity index (χ3n) is 4.26. The minimum Gasteiger partial charge on any atom is -0.343 e. The summed E-state index contributed by atoms with van der Waals surface area (Å²) in [6, 6.07) is 0.251. The number of halogens is 4. The highest BCUT2D eigenvalue weighted by Gasteiger charge is 2.34. The highest BCUT2D eigenvalue weighted by Crippen LogP contribution is 2.35. The van der Waals surface area contributed by atoms with Crippen LogP contribution in [-0.2, 0) is 6.18 Å². The number of nitrogens with one attached hydrogen (secondary N) is 2. The number of hydrogen-bond donors (Lipinski definition) is 2. The zero-order chi connectivity index (χ0) is 23.6. The van der Waals surface area contributed by atoms with Crippen LogP contribution in [0.5, 0.6) is 0 Å². The van der Waals surface area contributed by atoms with E-state index in [1.54, 1.807) is 17.8 Å². The number of carbonyl (C=O) groups excluding carboxylic acids is 2. The lowest BCUT2D eigenvalue weighted by molar-refractivity contribution is -0.137. The summed E-state index contributed by atoms with van der Waals surface area (Å²) in [5, 5.41) is 9.05. The van der Waals surface area contributed by atoms with Crippen LogP contribution < -0.4 is 10.6 Å². The summed E-state index contributed by atoms with van der Waals surface area (Å²) in [7, 11) is 0. The van der Waals surface area contributed by atoms with E-state index in [1.807, 2.05) is 13.8 Å². The van der Waals surface area contributed by atoms with E-state index < -0.39 is 28.7 Å². The summed E-state index contributed by atoms with van der Waals surface area (Å²) >= 11 is 6.53. The van der Waals surface area contributed by atoms with Gasteiger partial charge in [-0.05, 0) is 26.8 Å². The second kappa shape index (κ2) is 9.25. The van der Waals surface area contributed by atoms with Gasteiger partial charge in [0.15, 0.2) is 0 Å². The van der Waals surface area contributed by atoms with Gasteiger partial charge in [0.25, 0.3) is 11.8 Å². The van der Waals surface area contributed by atoms with E-state index in [4.69, 9.17) is 11.6 Å². The van der Waals surface area contributed by atoms with E-state index in [-0.39, 0.29) is 22.6 Å². The summed E-state index contributed by atoms with van der Waals surface area (Å²) in [5.74, 6) is -1.34. The van der Waals surface area contributed by atoms with Crippen LogP contribution in [0.3, 0.4) is 0 Å². The van der Waals surface area contributed by atoms with Crippen molar-refractivity contribution < 1.29 is 22.8 Å². The topological polar surface area (TPSA) is 102 Å². The number of aromatic nitrogens is 4. The minimum atomic E-state index is -4.68. The number of hydrogen-bond acceptors (Lipinski definition) is 6. The van der Waals surface area contributed by atoms with Crippen molar-refractivity contribution in [2.75, 3.05) is 5.32 Å². The molecule has 3 aromatic heterocycles. The summed E-state index contributed by atoms with van der Waals surface area (Å²) < 4.78 is 40.6. The largest absolute Gasteiger partial charge is 0.418 e. The van der Waals surface area contributed by atoms with Crippen molar-refractivity contribution in [3.63, 3.8) is 0 Å². The van der Waals surface area contributed by atoms with Gasteiger partial charge in [-0.2, -0.15) is 18.3 Å². The molecule has 0 fully saturated rings. The van der Waals surface area contributed by atoms with Crippen molar-refractivity contribution in [1.29, 1.82) is 0 Å². The van der Waals surface area contributed by atoms with Crippen LogP contribution >= 0.6 is 22.9 Å². The van der Waals surface area contributed by atoms with E-state index in [1.165, 1.54) is 12.4 Å². The SMILES string of the molecule is CC(NC(=O)c1cnn(C(C)C)c1)c1ncc(C(=O)Nc2cc(C(F)(F)F)c(Cl)cn2)s1. The van der Waals surface area contributed by atoms with Crippen molar-refractivity contribution in [2.24, 2.45) is 0 Å². The molecule has 1 unspecified atom stereocenters. The first kappa shape index (κ1) is 23.7. The predicted octanol–water partition coefficient (Wildman–Crippen LogP) is 4.73. The third-order valence-corrected chi connectivity index (χ3v) is 5.74. The molecule has 0 aliphatic rings. The van der Waals surface area contributed by atoms with E-state index in [0.717, 1.165) is 17.5 Å². The fourth-order valence-electron chi connectivity index (χ4n) is 2.57. The van der Waals surface area contributed by atoms with Gasteiger partial charge in [-0.3, -0.25) is 14.3 Å². The number of carbonyl (C=O) groups is 2. The average molecular weight is 487 g/mol. The smallest absolute Gasteiger partial charge is 0.343 e. The molecule has 32 heavy (non-hydrogen) atoms. The Bertz CT molecular complexity index is 1140. The molecular weight excluding hydrogens is 469 g/mol. The maximum atomic E-state index is 13.0. The van der Waals surface area contributed by atoms with E-state index in [9.17, 15) is 22.8 Å². The maximum absolute atomic E-state index is 13.0. The van der Waals surface area contributed by atoms with Crippen LogP contribution in [0.1, 0.15) is 63.5 Å². The third kappa shape index (κ3) is 5.43. The van der Waals surface area contributed by atoms with Crippen LogP contribution in [0.2, 0.25) is 5.02 Å². The van der Waals surface area contributed by atoms with Crippen molar-refractivity contribution in [2.45, 2.75) is 39.0 Å². The molecule has 8 nitrogen and oxygen atoms in total. The fraction of sp³-hybridized carbons (Fsp3) is 0.316. The molecule has 2 amide bonds. The summed E-state index contributed by atoms with van der Waals surface area (Å²) in [5.41, 5.74) is -0.721. The monoisotopic (exact) mass is 486 g/mol. The Balaban J connectivity index is 1.67. The van der Waals surface area contributed by atoms with E-state index in [2.05, 4.69) is 25.7 Å². The molecule has 3 rings (SSSR count). The lowest BCUT2D eigenvalue weighted by atomic mass is 10.2. The zero-order valence-corrected chi connectivity index (χ0v) is 18.6. The fourth-order valence-corrected chi connectivity index (χ4v) is 3.60. The highest BCUT2D eigenvalue weighted by molar-refractivity contribution is 7.13. The van der Waals surface area contributed by atoms with Gasteiger partial charge < -0.3 is 10.6 Å². The molecule has 2 N–H and O–H groups in total.